The molecule has 7 atom stereocenters. The molecule has 0 aliphatic carbocycles. The minimum absolute atomic E-state index is 0.0495. The number of carbonyl (C=O) groups is 1. The molecular formula is C46H53N3O7S. The van der Waals surface area contributed by atoms with Crippen molar-refractivity contribution in [1.82, 2.24) is 14.9 Å². The van der Waals surface area contributed by atoms with E-state index in [1.165, 1.54) is 12.1 Å². The molecule has 5 aromatic carbocycles. The number of ether oxygens (including phenoxy) is 2. The maximum Gasteiger partial charge on any atom is 0.241 e. The van der Waals surface area contributed by atoms with Crippen molar-refractivity contribution in [2.45, 2.75) is 81.9 Å². The highest BCUT2D eigenvalue weighted by Gasteiger charge is 2.39. The molecule has 5 aromatic rings. The highest BCUT2D eigenvalue weighted by atomic mass is 32.2. The van der Waals surface area contributed by atoms with Gasteiger partial charge in [0.15, 0.2) is 6.29 Å². The number of likely N-dealkylation sites (N-methyl/N-ethyl adjacent to an activating group) is 1. The summed E-state index contributed by atoms with van der Waals surface area (Å²) in [5.74, 6) is -0.494. The Hall–Kier alpha value is -4.72. The lowest BCUT2D eigenvalue weighted by atomic mass is 9.89. The minimum atomic E-state index is -3.97. The van der Waals surface area contributed by atoms with E-state index in [4.69, 9.17) is 9.47 Å². The smallest absolute Gasteiger partial charge is 0.241 e. The molecule has 57 heavy (non-hydrogen) atoms. The van der Waals surface area contributed by atoms with E-state index in [2.05, 4.69) is 21.9 Å². The van der Waals surface area contributed by atoms with Crippen molar-refractivity contribution in [1.29, 1.82) is 0 Å². The number of amides is 1. The second kappa shape index (κ2) is 19.1. The number of nitrogens with zero attached hydrogens (tertiary/aromatic N) is 1. The zero-order valence-electron chi connectivity index (χ0n) is 32.9. The first kappa shape index (κ1) is 41.9. The fraction of sp³-hybridized carbons (Fsp3) is 0.326. The molecule has 11 heteroatoms. The Bertz CT molecular complexity index is 2140. The molecule has 1 heterocycles. The Morgan fingerprint density at radius 2 is 1.39 bits per heavy atom. The standard InChI is InChI=1S/C46H53N3O7S/c1-31-15-25-40(26-16-31)57(53,54)48-41(27-34-11-7-5-8-12-34)45(52)47-28-35-17-23-39(24-18-35)46-55-42(29-49(4)33(3)43(51)37-13-9-6-10-14-37)32(2)44(56-46)38-21-19-36(30-50)20-22-38/h5-26,32-33,41-44,46,48,50-51H,27-30H2,1-4H3,(H,47,52)/t32-,33+,41-,42+,43+,44+,46+/m1/s1. The van der Waals surface area contributed by atoms with Crippen molar-refractivity contribution in [3.05, 3.63) is 172 Å². The molecule has 1 fully saturated rings. The number of aliphatic hydroxyl groups is 2. The zero-order valence-corrected chi connectivity index (χ0v) is 33.7. The largest absolute Gasteiger partial charge is 0.392 e. The Labute approximate surface area is 336 Å². The number of nitrogens with one attached hydrogen (secondary N) is 2. The van der Waals surface area contributed by atoms with E-state index < -0.39 is 34.4 Å². The van der Waals surface area contributed by atoms with E-state index >= 15 is 0 Å². The van der Waals surface area contributed by atoms with E-state index in [1.807, 2.05) is 130 Å². The first-order chi connectivity index (χ1) is 27.4. The molecule has 10 nitrogen and oxygen atoms in total. The van der Waals surface area contributed by atoms with Gasteiger partial charge in [0.05, 0.1) is 29.8 Å². The molecule has 0 radical (unpaired) electrons. The average Bonchev–Trinajstić information content (AvgIpc) is 3.23. The van der Waals surface area contributed by atoms with Crippen LogP contribution < -0.4 is 10.0 Å². The Morgan fingerprint density at radius 1 is 0.789 bits per heavy atom. The van der Waals surface area contributed by atoms with Gasteiger partial charge in [-0.1, -0.05) is 134 Å². The van der Waals surface area contributed by atoms with Crippen LogP contribution in [0, 0.1) is 12.8 Å². The Kier molecular flexibility index (Phi) is 14.1. The second-order valence-electron chi connectivity index (χ2n) is 15.0. The molecule has 1 aliphatic rings. The van der Waals surface area contributed by atoms with Crippen molar-refractivity contribution in [3.63, 3.8) is 0 Å². The summed E-state index contributed by atoms with van der Waals surface area (Å²) in [7, 11) is -1.98. The lowest BCUT2D eigenvalue weighted by Crippen LogP contribution is -2.47. The maximum atomic E-state index is 13.6. The van der Waals surface area contributed by atoms with Crippen molar-refractivity contribution < 1.29 is 32.9 Å². The van der Waals surface area contributed by atoms with Gasteiger partial charge in [-0.25, -0.2) is 8.42 Å². The van der Waals surface area contributed by atoms with Crippen LogP contribution in [-0.4, -0.2) is 61.2 Å². The maximum absolute atomic E-state index is 13.6. The van der Waals surface area contributed by atoms with Gasteiger partial charge in [0.2, 0.25) is 15.9 Å². The van der Waals surface area contributed by atoms with Crippen LogP contribution in [0.4, 0.5) is 0 Å². The number of hydrogen-bond acceptors (Lipinski definition) is 8. The topological polar surface area (TPSA) is 137 Å². The van der Waals surface area contributed by atoms with E-state index in [0.29, 0.717) is 6.54 Å². The van der Waals surface area contributed by atoms with E-state index in [-0.39, 0.29) is 48.6 Å². The number of aliphatic hydroxyl groups excluding tert-OH is 2. The summed E-state index contributed by atoms with van der Waals surface area (Å²) >= 11 is 0. The summed E-state index contributed by atoms with van der Waals surface area (Å²) in [6.45, 7) is 6.66. The van der Waals surface area contributed by atoms with Crippen LogP contribution in [-0.2, 0) is 43.9 Å². The van der Waals surface area contributed by atoms with Crippen molar-refractivity contribution in [2.75, 3.05) is 13.6 Å². The molecule has 1 saturated heterocycles. The van der Waals surface area contributed by atoms with Gasteiger partial charge < -0.3 is 25.0 Å². The number of rotatable bonds is 16. The lowest BCUT2D eigenvalue weighted by molar-refractivity contribution is -0.276. The predicted molar refractivity (Wildman–Crippen MR) is 220 cm³/mol. The summed E-state index contributed by atoms with van der Waals surface area (Å²) in [4.78, 5) is 15.8. The second-order valence-corrected chi connectivity index (χ2v) is 16.7. The van der Waals surface area contributed by atoms with E-state index in [1.54, 1.807) is 12.1 Å². The summed E-state index contributed by atoms with van der Waals surface area (Å²) in [6.07, 6.45) is -1.78. The fourth-order valence-corrected chi connectivity index (χ4v) is 8.26. The van der Waals surface area contributed by atoms with Crippen LogP contribution in [0.5, 0.6) is 0 Å². The quantitative estimate of drug-likeness (QED) is 0.0885. The third-order valence-corrected chi connectivity index (χ3v) is 12.3. The third-order valence-electron chi connectivity index (χ3n) is 10.8. The summed E-state index contributed by atoms with van der Waals surface area (Å²) in [6, 6.07) is 39.6. The number of sulfonamides is 1. The van der Waals surface area contributed by atoms with Gasteiger partial charge in [-0.05, 0) is 67.3 Å². The van der Waals surface area contributed by atoms with Crippen LogP contribution in [0.1, 0.15) is 71.3 Å². The number of hydrogen-bond donors (Lipinski definition) is 4. The van der Waals surface area contributed by atoms with Gasteiger partial charge in [-0.2, -0.15) is 4.72 Å². The summed E-state index contributed by atoms with van der Waals surface area (Å²) < 4.78 is 42.7. The van der Waals surface area contributed by atoms with Gasteiger partial charge in [0, 0.05) is 30.6 Å². The monoisotopic (exact) mass is 791 g/mol. The Morgan fingerprint density at radius 3 is 2.02 bits per heavy atom. The van der Waals surface area contributed by atoms with Crippen LogP contribution in [0.15, 0.2) is 138 Å². The molecule has 1 aliphatic heterocycles. The SMILES string of the molecule is Cc1ccc(S(=O)(=O)N[C@H](Cc2ccccc2)C(=O)NCc2ccc([C@H]3O[C@@H](CN(C)[C@@H](C)[C@H](O)c4ccccc4)[C@@H](C)[C@@H](c4ccc(CO)cc4)O3)cc2)cc1. The van der Waals surface area contributed by atoms with Gasteiger partial charge in [0.25, 0.3) is 0 Å². The Balaban J connectivity index is 1.16. The number of aryl methyl sites for hydroxylation is 1. The molecule has 0 bridgehead atoms. The number of carbonyl (C=O) groups excluding carboxylic acids is 1. The van der Waals surface area contributed by atoms with Gasteiger partial charge in [-0.3, -0.25) is 9.69 Å². The van der Waals surface area contributed by atoms with E-state index in [9.17, 15) is 23.4 Å². The van der Waals surface area contributed by atoms with Gasteiger partial charge >= 0.3 is 0 Å². The normalized spacial score (nSPS) is 20.1. The first-order valence-electron chi connectivity index (χ1n) is 19.3. The number of benzene rings is 5. The summed E-state index contributed by atoms with van der Waals surface area (Å²) in [5, 5.41) is 23.8. The summed E-state index contributed by atoms with van der Waals surface area (Å²) in [5.41, 5.74) is 6.00. The lowest BCUT2D eigenvalue weighted by Gasteiger charge is -2.43. The molecule has 0 saturated carbocycles. The highest BCUT2D eigenvalue weighted by Crippen LogP contribution is 2.42. The molecule has 0 spiro atoms. The van der Waals surface area contributed by atoms with E-state index in [0.717, 1.165) is 38.9 Å². The molecule has 6 rings (SSSR count). The molecule has 0 unspecified atom stereocenters. The molecule has 300 valence electrons. The first-order valence-corrected chi connectivity index (χ1v) is 20.8. The molecular weight excluding hydrogens is 739 g/mol. The van der Waals surface area contributed by atoms with Crippen molar-refractivity contribution in [3.8, 4) is 0 Å². The predicted octanol–water partition coefficient (Wildman–Crippen LogP) is 6.54. The minimum Gasteiger partial charge on any atom is -0.392 e. The van der Waals surface area contributed by atoms with Crippen LogP contribution in [0.2, 0.25) is 0 Å². The highest BCUT2D eigenvalue weighted by molar-refractivity contribution is 7.89. The molecule has 0 aromatic heterocycles. The van der Waals surface area contributed by atoms with Gasteiger partial charge in [0.1, 0.15) is 6.04 Å². The average molecular weight is 792 g/mol. The third kappa shape index (κ3) is 10.8. The van der Waals surface area contributed by atoms with Gasteiger partial charge in [-0.15, -0.1) is 0 Å². The zero-order chi connectivity index (χ0) is 40.5. The fourth-order valence-electron chi connectivity index (χ4n) is 7.06. The van der Waals surface area contributed by atoms with Crippen molar-refractivity contribution in [2.24, 2.45) is 5.92 Å². The molecule has 4 N–H and O–H groups in total. The van der Waals surface area contributed by atoms with Crippen LogP contribution in [0.3, 0.4) is 0 Å². The molecule has 1 amide bonds. The van der Waals surface area contributed by atoms with Crippen LogP contribution >= 0.6 is 0 Å². The van der Waals surface area contributed by atoms with Crippen molar-refractivity contribution >= 4 is 15.9 Å². The van der Waals surface area contributed by atoms with Crippen LogP contribution in [0.25, 0.3) is 0 Å².